The topological polar surface area (TPSA) is 72.2 Å². The van der Waals surface area contributed by atoms with E-state index in [1.54, 1.807) is 0 Å². The molecule has 3 N–H and O–H groups in total. The van der Waals surface area contributed by atoms with Crippen LogP contribution in [-0.4, -0.2) is 15.0 Å². The lowest BCUT2D eigenvalue weighted by molar-refractivity contribution is 0.579. The summed E-state index contributed by atoms with van der Waals surface area (Å²) >= 11 is 0. The third-order valence-electron chi connectivity index (χ3n) is 1.97. The Morgan fingerprint density at radius 3 is 2.75 bits per heavy atom. The van der Waals surface area contributed by atoms with E-state index in [0.717, 1.165) is 6.07 Å². The van der Waals surface area contributed by atoms with E-state index >= 15 is 0 Å². The fourth-order valence-electron chi connectivity index (χ4n) is 1.17. The van der Waals surface area contributed by atoms with Gasteiger partial charge in [-0.3, -0.25) is 0 Å². The second kappa shape index (κ2) is 4.51. The van der Waals surface area contributed by atoms with E-state index in [2.05, 4.69) is 10.6 Å². The van der Waals surface area contributed by atoms with Crippen LogP contribution in [0.25, 0.3) is 0 Å². The molecule has 1 aromatic carbocycles. The number of nitrogens with one attached hydrogen (secondary N) is 1. The maximum absolute atomic E-state index is 13.3. The first kappa shape index (κ1) is 12.5. The van der Waals surface area contributed by atoms with Crippen LogP contribution >= 0.6 is 0 Å². The lowest BCUT2D eigenvalue weighted by Gasteiger charge is -2.09. The molecule has 0 atom stereocenters. The maximum atomic E-state index is 13.3. The van der Waals surface area contributed by atoms with Gasteiger partial charge in [-0.05, 0) is 19.1 Å². The van der Waals surface area contributed by atoms with Crippen LogP contribution in [-0.2, 0) is 10.0 Å². The second-order valence-electron chi connectivity index (χ2n) is 3.15. The van der Waals surface area contributed by atoms with Gasteiger partial charge >= 0.3 is 0 Å². The number of nitrogen functional groups attached to an aromatic ring is 1. The highest BCUT2D eigenvalue weighted by Gasteiger charge is 2.18. The molecule has 0 aliphatic heterocycles. The Bertz CT molecular complexity index is 547. The van der Waals surface area contributed by atoms with E-state index in [-0.39, 0.29) is 22.7 Å². The summed E-state index contributed by atoms with van der Waals surface area (Å²) in [4.78, 5) is -0.194. The van der Waals surface area contributed by atoms with Gasteiger partial charge in [-0.1, -0.05) is 5.92 Å². The van der Waals surface area contributed by atoms with Crippen molar-refractivity contribution in [2.75, 3.05) is 12.3 Å². The van der Waals surface area contributed by atoms with Gasteiger partial charge in [-0.15, -0.1) is 6.42 Å². The highest BCUT2D eigenvalue weighted by molar-refractivity contribution is 7.89. The number of anilines is 1. The van der Waals surface area contributed by atoms with Gasteiger partial charge in [0.05, 0.1) is 11.4 Å². The summed E-state index contributed by atoms with van der Waals surface area (Å²) in [6.45, 7) is 1.21. The average Bonchev–Trinajstić information content (AvgIpc) is 2.20. The molecule has 6 heteroatoms. The number of benzene rings is 1. The Hall–Kier alpha value is -1.58. The van der Waals surface area contributed by atoms with Crippen LogP contribution in [0.5, 0.6) is 0 Å². The number of halogens is 1. The van der Waals surface area contributed by atoms with Gasteiger partial charge in [0.1, 0.15) is 5.82 Å². The van der Waals surface area contributed by atoms with Gasteiger partial charge in [0.2, 0.25) is 10.0 Å². The Kier molecular flexibility index (Phi) is 3.52. The molecule has 0 aliphatic rings. The molecule has 16 heavy (non-hydrogen) atoms. The van der Waals surface area contributed by atoms with Crippen LogP contribution in [0.1, 0.15) is 5.56 Å². The quantitative estimate of drug-likeness (QED) is 0.603. The van der Waals surface area contributed by atoms with Gasteiger partial charge in [0.15, 0.2) is 0 Å². The van der Waals surface area contributed by atoms with Crippen LogP contribution in [0.3, 0.4) is 0 Å². The lowest BCUT2D eigenvalue weighted by Crippen LogP contribution is -2.25. The standard InChI is InChI=1S/C10H11FN2O2S/c1-3-4-13-16(14,15)10-6-8(12)5-9(11)7(10)2/h1,5-6,13H,4,12H2,2H3. The first-order valence-electron chi connectivity index (χ1n) is 4.37. The molecule has 0 aromatic heterocycles. The van der Waals surface area contributed by atoms with Crippen molar-refractivity contribution in [1.82, 2.24) is 4.72 Å². The minimum Gasteiger partial charge on any atom is -0.399 e. The van der Waals surface area contributed by atoms with Crippen molar-refractivity contribution >= 4 is 15.7 Å². The summed E-state index contributed by atoms with van der Waals surface area (Å²) in [7, 11) is -3.81. The van der Waals surface area contributed by atoms with Gasteiger partial charge in [0.25, 0.3) is 0 Å². The zero-order chi connectivity index (χ0) is 12.3. The van der Waals surface area contributed by atoms with Crippen LogP contribution < -0.4 is 10.5 Å². The molecule has 0 saturated carbocycles. The fourth-order valence-corrected chi connectivity index (χ4v) is 2.39. The molecule has 0 fully saturated rings. The molecule has 0 saturated heterocycles. The second-order valence-corrected chi connectivity index (χ2v) is 4.89. The summed E-state index contributed by atoms with van der Waals surface area (Å²) in [5.41, 5.74) is 5.44. The average molecular weight is 242 g/mol. The van der Waals surface area contributed by atoms with Gasteiger partial charge < -0.3 is 5.73 Å². The first-order valence-corrected chi connectivity index (χ1v) is 5.85. The molecule has 0 unspecified atom stereocenters. The van der Waals surface area contributed by atoms with Crippen LogP contribution in [0.2, 0.25) is 0 Å². The Morgan fingerprint density at radius 2 is 2.19 bits per heavy atom. The maximum Gasteiger partial charge on any atom is 0.241 e. The Balaban J connectivity index is 3.29. The summed E-state index contributed by atoms with van der Waals surface area (Å²) in [6.07, 6.45) is 4.94. The van der Waals surface area contributed by atoms with Gasteiger partial charge in [-0.2, -0.15) is 4.72 Å². The summed E-state index contributed by atoms with van der Waals surface area (Å²) < 4.78 is 38.8. The molecule has 86 valence electrons. The van der Waals surface area contributed by atoms with Crippen molar-refractivity contribution in [2.45, 2.75) is 11.8 Å². The fraction of sp³-hybridized carbons (Fsp3) is 0.200. The third-order valence-corrected chi connectivity index (χ3v) is 3.50. The van der Waals surface area contributed by atoms with E-state index in [0.29, 0.717) is 0 Å². The molecule has 0 spiro atoms. The monoisotopic (exact) mass is 242 g/mol. The molecule has 0 heterocycles. The third kappa shape index (κ3) is 2.51. The van der Waals surface area contributed by atoms with Crippen molar-refractivity contribution in [2.24, 2.45) is 0 Å². The highest BCUT2D eigenvalue weighted by atomic mass is 32.2. The van der Waals surface area contributed by atoms with Crippen molar-refractivity contribution in [3.05, 3.63) is 23.5 Å². The van der Waals surface area contributed by atoms with E-state index in [1.807, 2.05) is 0 Å². The molecule has 0 aliphatic carbocycles. The molecular formula is C10H11FN2O2S. The number of rotatable bonds is 3. The summed E-state index contributed by atoms with van der Waals surface area (Å²) in [6, 6.07) is 2.26. The molecule has 0 radical (unpaired) electrons. The molecule has 1 rings (SSSR count). The number of hydrogen-bond donors (Lipinski definition) is 2. The normalized spacial score (nSPS) is 11.1. The summed E-state index contributed by atoms with van der Waals surface area (Å²) in [5.74, 6) is 1.46. The van der Waals surface area contributed by atoms with Crippen molar-refractivity contribution in [3.63, 3.8) is 0 Å². The van der Waals surface area contributed by atoms with E-state index < -0.39 is 15.8 Å². The largest absolute Gasteiger partial charge is 0.399 e. The van der Waals surface area contributed by atoms with E-state index in [4.69, 9.17) is 12.2 Å². The number of terminal acetylenes is 1. The van der Waals surface area contributed by atoms with Gasteiger partial charge in [0, 0.05) is 11.3 Å². The number of sulfonamides is 1. The number of nitrogens with two attached hydrogens (primary N) is 1. The molecule has 0 bridgehead atoms. The number of hydrogen-bond acceptors (Lipinski definition) is 3. The molecule has 1 aromatic rings. The Labute approximate surface area is 93.7 Å². The predicted molar refractivity (Wildman–Crippen MR) is 59.6 cm³/mol. The zero-order valence-corrected chi connectivity index (χ0v) is 9.44. The van der Waals surface area contributed by atoms with Gasteiger partial charge in [-0.25, -0.2) is 12.8 Å². The van der Waals surface area contributed by atoms with E-state index in [1.165, 1.54) is 13.0 Å². The predicted octanol–water partition coefficient (Wildman–Crippen LogP) is 0.628. The molecule has 4 nitrogen and oxygen atoms in total. The SMILES string of the molecule is C#CCNS(=O)(=O)c1cc(N)cc(F)c1C. The highest BCUT2D eigenvalue weighted by Crippen LogP contribution is 2.21. The smallest absolute Gasteiger partial charge is 0.241 e. The first-order chi connectivity index (χ1) is 7.38. The van der Waals surface area contributed by atoms with Crippen LogP contribution in [0, 0.1) is 25.1 Å². The molecule has 0 amide bonds. The summed E-state index contributed by atoms with van der Waals surface area (Å²) in [5, 5.41) is 0. The minimum absolute atomic E-state index is 0.0127. The Morgan fingerprint density at radius 1 is 1.56 bits per heavy atom. The van der Waals surface area contributed by atoms with Crippen molar-refractivity contribution in [3.8, 4) is 12.3 Å². The van der Waals surface area contributed by atoms with Crippen LogP contribution in [0.15, 0.2) is 17.0 Å². The van der Waals surface area contributed by atoms with Crippen molar-refractivity contribution in [1.29, 1.82) is 0 Å². The van der Waals surface area contributed by atoms with E-state index in [9.17, 15) is 12.8 Å². The molecular weight excluding hydrogens is 231 g/mol. The minimum atomic E-state index is -3.81. The van der Waals surface area contributed by atoms with Crippen molar-refractivity contribution < 1.29 is 12.8 Å². The zero-order valence-electron chi connectivity index (χ0n) is 8.62. The van der Waals surface area contributed by atoms with Crippen LogP contribution in [0.4, 0.5) is 10.1 Å². The lowest BCUT2D eigenvalue weighted by atomic mass is 10.2.